The highest BCUT2D eigenvalue weighted by molar-refractivity contribution is 5.94. The zero-order chi connectivity index (χ0) is 22.7. The van der Waals surface area contributed by atoms with Gasteiger partial charge >= 0.3 is 17.9 Å². The van der Waals surface area contributed by atoms with E-state index >= 15 is 0 Å². The van der Waals surface area contributed by atoms with Gasteiger partial charge in [0.25, 0.3) is 0 Å². The van der Waals surface area contributed by atoms with Crippen LogP contribution < -0.4 is 21.7 Å². The van der Waals surface area contributed by atoms with E-state index in [0.29, 0.717) is 0 Å². The Labute approximate surface area is 164 Å². The maximum atomic E-state index is 12.4. The molecule has 0 fully saturated rings. The van der Waals surface area contributed by atoms with Gasteiger partial charge in [0.2, 0.25) is 17.7 Å². The molecule has 0 saturated carbocycles. The Morgan fingerprint density at radius 3 is 1.86 bits per heavy atom. The highest BCUT2D eigenvalue weighted by Gasteiger charge is 2.32. The summed E-state index contributed by atoms with van der Waals surface area (Å²) in [4.78, 5) is 68.5. The van der Waals surface area contributed by atoms with E-state index in [2.05, 4.69) is 10.6 Å². The smallest absolute Gasteiger partial charge is 0.326 e. The summed E-state index contributed by atoms with van der Waals surface area (Å²) in [5.41, 5.74) is 5.13. The first kappa shape index (κ1) is 25.7. The van der Waals surface area contributed by atoms with Crippen LogP contribution in [-0.2, 0) is 28.8 Å². The van der Waals surface area contributed by atoms with E-state index in [1.165, 1.54) is 0 Å². The fraction of sp³-hybridized carbons (Fsp3) is 0.600. The van der Waals surface area contributed by atoms with E-state index in [4.69, 9.17) is 21.1 Å². The molecule has 14 heteroatoms. The van der Waals surface area contributed by atoms with E-state index < -0.39 is 79.2 Å². The molecule has 0 aromatic carbocycles. The predicted octanol–water partition coefficient (Wildman–Crippen LogP) is -3.80. The Bertz CT molecular complexity index is 651. The van der Waals surface area contributed by atoms with Gasteiger partial charge in [-0.05, 0) is 13.3 Å². The van der Waals surface area contributed by atoms with Crippen LogP contribution in [0.25, 0.3) is 0 Å². The number of hydrogen-bond donors (Lipinski definition) is 8. The van der Waals surface area contributed by atoms with Gasteiger partial charge in [-0.25, -0.2) is 4.79 Å². The van der Waals surface area contributed by atoms with Gasteiger partial charge in [0, 0.05) is 6.42 Å². The van der Waals surface area contributed by atoms with Gasteiger partial charge in [0.05, 0.1) is 19.1 Å². The van der Waals surface area contributed by atoms with Crippen molar-refractivity contribution in [2.24, 2.45) is 5.73 Å². The quantitative estimate of drug-likeness (QED) is 0.143. The lowest BCUT2D eigenvalue weighted by Crippen LogP contribution is -2.59. The molecule has 0 rings (SSSR count). The van der Waals surface area contributed by atoms with Gasteiger partial charge in [-0.2, -0.15) is 0 Å². The maximum Gasteiger partial charge on any atom is 0.326 e. The van der Waals surface area contributed by atoms with E-state index in [0.717, 1.165) is 6.92 Å². The minimum atomic E-state index is -1.82. The Morgan fingerprint density at radius 2 is 1.45 bits per heavy atom. The van der Waals surface area contributed by atoms with Gasteiger partial charge in [-0.3, -0.25) is 24.0 Å². The molecule has 0 aromatic heterocycles. The SMILES string of the molecule is CC(O)C(NC(=O)C(CCC(=O)O)NC(=O)CN)C(=O)NC(CC(=O)O)C(=O)O. The number of carboxylic acid groups (broad SMARTS) is 3. The molecule has 0 heterocycles. The number of amides is 3. The Hall–Kier alpha value is -3.26. The topological polar surface area (TPSA) is 245 Å². The molecule has 4 unspecified atom stereocenters. The number of aliphatic hydroxyl groups excluding tert-OH is 1. The first-order valence-corrected chi connectivity index (χ1v) is 8.33. The number of aliphatic hydroxyl groups is 1. The highest BCUT2D eigenvalue weighted by Crippen LogP contribution is 2.03. The largest absolute Gasteiger partial charge is 0.481 e. The molecule has 0 aliphatic rings. The second kappa shape index (κ2) is 12.2. The second-order valence-corrected chi connectivity index (χ2v) is 5.98. The molecular weight excluding hydrogens is 396 g/mol. The third-order valence-electron chi connectivity index (χ3n) is 3.54. The van der Waals surface area contributed by atoms with Crippen molar-refractivity contribution in [1.82, 2.24) is 16.0 Å². The average Bonchev–Trinajstić information content (AvgIpc) is 2.60. The molecule has 9 N–H and O–H groups in total. The van der Waals surface area contributed by atoms with Crippen LogP contribution in [-0.4, -0.2) is 86.8 Å². The third kappa shape index (κ3) is 10.0. The number of carbonyl (C=O) groups excluding carboxylic acids is 3. The molecule has 0 spiro atoms. The minimum Gasteiger partial charge on any atom is -0.481 e. The summed E-state index contributed by atoms with van der Waals surface area (Å²) in [5, 5.41) is 42.3. The molecule has 3 amide bonds. The Balaban J connectivity index is 5.33. The molecule has 29 heavy (non-hydrogen) atoms. The number of carboxylic acids is 3. The monoisotopic (exact) mass is 420 g/mol. The third-order valence-corrected chi connectivity index (χ3v) is 3.54. The van der Waals surface area contributed by atoms with Crippen LogP contribution in [0, 0.1) is 0 Å². The zero-order valence-corrected chi connectivity index (χ0v) is 15.5. The van der Waals surface area contributed by atoms with Gasteiger partial charge in [0.15, 0.2) is 0 Å². The summed E-state index contributed by atoms with van der Waals surface area (Å²) in [6.07, 6.45) is -3.34. The lowest BCUT2D eigenvalue weighted by atomic mass is 10.1. The predicted molar refractivity (Wildman–Crippen MR) is 93.3 cm³/mol. The van der Waals surface area contributed by atoms with Crippen LogP contribution in [0.5, 0.6) is 0 Å². The van der Waals surface area contributed by atoms with Crippen molar-refractivity contribution in [2.75, 3.05) is 6.54 Å². The summed E-state index contributed by atoms with van der Waals surface area (Å²) in [6, 6.07) is -4.93. The molecule has 14 nitrogen and oxygen atoms in total. The zero-order valence-electron chi connectivity index (χ0n) is 15.5. The molecule has 0 aromatic rings. The van der Waals surface area contributed by atoms with E-state index in [1.807, 2.05) is 5.32 Å². The van der Waals surface area contributed by atoms with Crippen molar-refractivity contribution in [3.8, 4) is 0 Å². The molecule has 164 valence electrons. The molecule has 0 saturated heterocycles. The molecule has 0 aliphatic heterocycles. The van der Waals surface area contributed by atoms with Crippen molar-refractivity contribution < 1.29 is 49.2 Å². The first-order chi connectivity index (χ1) is 13.4. The number of nitrogens with two attached hydrogens (primary N) is 1. The molecule has 0 radical (unpaired) electrons. The summed E-state index contributed by atoms with van der Waals surface area (Å²) < 4.78 is 0. The molecule has 0 bridgehead atoms. The molecule has 0 aliphatic carbocycles. The highest BCUT2D eigenvalue weighted by atomic mass is 16.4. The molecule has 4 atom stereocenters. The first-order valence-electron chi connectivity index (χ1n) is 8.33. The van der Waals surface area contributed by atoms with Gasteiger partial charge in [-0.1, -0.05) is 0 Å². The Kier molecular flexibility index (Phi) is 10.9. The standard InChI is InChI=1S/C15H24N4O10/c1-6(20)12(14(27)18-8(15(28)29)4-11(24)25)19-13(26)7(2-3-10(22)23)17-9(21)5-16/h6-8,12,20H,2-5,16H2,1H3,(H,17,21)(H,18,27)(H,19,26)(H,22,23)(H,24,25)(H,28,29). The summed E-state index contributed by atoms with van der Waals surface area (Å²) >= 11 is 0. The van der Waals surface area contributed by atoms with Gasteiger partial charge in [-0.15, -0.1) is 0 Å². The number of rotatable bonds is 13. The summed E-state index contributed by atoms with van der Waals surface area (Å²) in [6.45, 7) is 0.606. The van der Waals surface area contributed by atoms with Crippen LogP contribution in [0.15, 0.2) is 0 Å². The average molecular weight is 420 g/mol. The van der Waals surface area contributed by atoms with Crippen molar-refractivity contribution in [1.29, 1.82) is 0 Å². The van der Waals surface area contributed by atoms with Gasteiger partial charge in [0.1, 0.15) is 18.1 Å². The lowest BCUT2D eigenvalue weighted by molar-refractivity contribution is -0.148. The van der Waals surface area contributed by atoms with E-state index in [1.54, 1.807) is 0 Å². The second-order valence-electron chi connectivity index (χ2n) is 5.98. The number of nitrogens with one attached hydrogen (secondary N) is 3. The van der Waals surface area contributed by atoms with Crippen molar-refractivity contribution in [3.63, 3.8) is 0 Å². The van der Waals surface area contributed by atoms with Crippen molar-refractivity contribution in [3.05, 3.63) is 0 Å². The Morgan fingerprint density at radius 1 is 0.862 bits per heavy atom. The van der Waals surface area contributed by atoms with E-state index in [-0.39, 0.29) is 6.42 Å². The van der Waals surface area contributed by atoms with Crippen LogP contribution in [0.2, 0.25) is 0 Å². The van der Waals surface area contributed by atoms with Crippen LogP contribution >= 0.6 is 0 Å². The normalized spacial score (nSPS) is 14.6. The number of carbonyl (C=O) groups is 6. The number of aliphatic carboxylic acids is 3. The summed E-state index contributed by atoms with van der Waals surface area (Å²) in [7, 11) is 0. The maximum absolute atomic E-state index is 12.4. The fourth-order valence-electron chi connectivity index (χ4n) is 2.09. The number of hydrogen-bond acceptors (Lipinski definition) is 8. The van der Waals surface area contributed by atoms with E-state index in [9.17, 15) is 33.9 Å². The summed E-state index contributed by atoms with van der Waals surface area (Å²) in [5.74, 6) is -7.41. The van der Waals surface area contributed by atoms with Crippen LogP contribution in [0.4, 0.5) is 0 Å². The van der Waals surface area contributed by atoms with Crippen LogP contribution in [0.3, 0.4) is 0 Å². The van der Waals surface area contributed by atoms with Gasteiger partial charge < -0.3 is 42.1 Å². The molecular formula is C15H24N4O10. The lowest BCUT2D eigenvalue weighted by Gasteiger charge is -2.25. The van der Waals surface area contributed by atoms with Crippen LogP contribution in [0.1, 0.15) is 26.2 Å². The van der Waals surface area contributed by atoms with Crippen molar-refractivity contribution >= 4 is 35.6 Å². The fourth-order valence-corrected chi connectivity index (χ4v) is 2.09. The van der Waals surface area contributed by atoms with Crippen molar-refractivity contribution in [2.45, 2.75) is 50.4 Å². The minimum absolute atomic E-state index is 0.349.